The summed E-state index contributed by atoms with van der Waals surface area (Å²) >= 11 is 11.9. The molecule has 0 aromatic heterocycles. The summed E-state index contributed by atoms with van der Waals surface area (Å²) in [6, 6.07) is 17.6. The van der Waals surface area contributed by atoms with Gasteiger partial charge in [0.2, 0.25) is 0 Å². The van der Waals surface area contributed by atoms with E-state index in [2.05, 4.69) is 5.32 Å². The number of hydrogen-bond donors (Lipinski definition) is 1. The van der Waals surface area contributed by atoms with Gasteiger partial charge in [0.15, 0.2) is 11.5 Å². The third-order valence-corrected chi connectivity index (χ3v) is 5.46. The Labute approximate surface area is 205 Å². The van der Waals surface area contributed by atoms with Crippen LogP contribution in [0.4, 0.5) is 10.5 Å². The van der Waals surface area contributed by atoms with E-state index in [0.717, 1.165) is 10.5 Å². The highest BCUT2D eigenvalue weighted by Gasteiger charge is 2.36. The molecule has 7 nitrogen and oxygen atoms in total. The van der Waals surface area contributed by atoms with Crippen molar-refractivity contribution < 1.29 is 23.9 Å². The summed E-state index contributed by atoms with van der Waals surface area (Å²) in [5, 5.41) is 3.24. The number of nitrogens with one attached hydrogen (secondary N) is 1. The zero-order valence-electron chi connectivity index (χ0n) is 17.9. The maximum absolute atomic E-state index is 13.0. The minimum atomic E-state index is -0.836. The Morgan fingerprint density at radius 1 is 0.912 bits per heavy atom. The monoisotopic (exact) mass is 496 g/mol. The lowest BCUT2D eigenvalue weighted by atomic mass is 10.1. The summed E-state index contributed by atoms with van der Waals surface area (Å²) in [7, 11) is 1.48. The summed E-state index contributed by atoms with van der Waals surface area (Å²) in [6.45, 7) is 0.274. The molecule has 0 radical (unpaired) electrons. The molecule has 172 valence electrons. The zero-order valence-corrected chi connectivity index (χ0v) is 19.4. The first-order valence-electron chi connectivity index (χ1n) is 10.1. The van der Waals surface area contributed by atoms with E-state index in [0.29, 0.717) is 27.1 Å². The molecule has 1 heterocycles. The van der Waals surface area contributed by atoms with Gasteiger partial charge in [-0.1, -0.05) is 41.4 Å². The highest BCUT2D eigenvalue weighted by Crippen LogP contribution is 2.31. The highest BCUT2D eigenvalue weighted by molar-refractivity contribution is 6.39. The quantitative estimate of drug-likeness (QED) is 0.372. The van der Waals surface area contributed by atoms with Crippen molar-refractivity contribution in [1.82, 2.24) is 5.32 Å². The van der Waals surface area contributed by atoms with E-state index in [1.54, 1.807) is 42.5 Å². The first-order valence-corrected chi connectivity index (χ1v) is 10.8. The average molecular weight is 497 g/mol. The van der Waals surface area contributed by atoms with E-state index in [1.807, 2.05) is 12.1 Å². The summed E-state index contributed by atoms with van der Waals surface area (Å²) in [5.41, 5.74) is 1.48. The standard InChI is InChI=1S/C25H18Cl2N2O5/c1-33-22-13-15(5-10-21(22)34-14-16-3-2-4-18(27)11-16)12-20-23(30)28-25(32)29(24(20)31)19-8-6-17(26)7-9-19/h2-13H,14H2,1H3,(H,28,30,32)/b20-12+. The van der Waals surface area contributed by atoms with Crippen molar-refractivity contribution in [2.75, 3.05) is 12.0 Å². The Morgan fingerprint density at radius 2 is 1.68 bits per heavy atom. The van der Waals surface area contributed by atoms with E-state index >= 15 is 0 Å². The van der Waals surface area contributed by atoms with E-state index in [4.69, 9.17) is 32.7 Å². The Balaban J connectivity index is 1.59. The number of carbonyl (C=O) groups excluding carboxylic acids is 3. The molecule has 3 aromatic carbocycles. The fourth-order valence-electron chi connectivity index (χ4n) is 3.33. The average Bonchev–Trinajstić information content (AvgIpc) is 2.82. The lowest BCUT2D eigenvalue weighted by molar-refractivity contribution is -0.122. The van der Waals surface area contributed by atoms with Gasteiger partial charge in [0.05, 0.1) is 12.8 Å². The Hall–Kier alpha value is -3.81. The van der Waals surface area contributed by atoms with E-state index in [-0.39, 0.29) is 17.9 Å². The predicted molar refractivity (Wildman–Crippen MR) is 129 cm³/mol. The van der Waals surface area contributed by atoms with Gasteiger partial charge in [-0.2, -0.15) is 0 Å². The highest BCUT2D eigenvalue weighted by atomic mass is 35.5. The molecule has 34 heavy (non-hydrogen) atoms. The minimum Gasteiger partial charge on any atom is -0.493 e. The number of methoxy groups -OCH3 is 1. The van der Waals surface area contributed by atoms with Gasteiger partial charge >= 0.3 is 6.03 Å². The number of barbiturate groups is 1. The number of anilines is 1. The molecule has 1 N–H and O–H groups in total. The zero-order chi connectivity index (χ0) is 24.2. The predicted octanol–water partition coefficient (Wildman–Crippen LogP) is 5.25. The molecule has 1 aliphatic rings. The molecule has 0 saturated carbocycles. The number of benzene rings is 3. The van der Waals surface area contributed by atoms with Crippen molar-refractivity contribution in [1.29, 1.82) is 0 Å². The normalized spacial score (nSPS) is 14.9. The number of amides is 4. The molecule has 3 aromatic rings. The molecule has 9 heteroatoms. The van der Waals surface area contributed by atoms with Crippen molar-refractivity contribution in [3.63, 3.8) is 0 Å². The Kier molecular flexibility index (Phi) is 6.86. The summed E-state index contributed by atoms with van der Waals surface area (Å²) < 4.78 is 11.3. The molecule has 0 aliphatic carbocycles. The third-order valence-electron chi connectivity index (χ3n) is 4.97. The van der Waals surface area contributed by atoms with Gasteiger partial charge in [0.1, 0.15) is 12.2 Å². The second-order valence-electron chi connectivity index (χ2n) is 7.26. The minimum absolute atomic E-state index is 0.204. The molecule has 1 saturated heterocycles. The molecule has 1 aliphatic heterocycles. The summed E-state index contributed by atoms with van der Waals surface area (Å²) in [5.74, 6) is -0.663. The van der Waals surface area contributed by atoms with E-state index in [9.17, 15) is 14.4 Å². The van der Waals surface area contributed by atoms with Crippen LogP contribution in [0.15, 0.2) is 72.3 Å². The number of rotatable bonds is 6. The Bertz CT molecular complexity index is 1300. The van der Waals surface area contributed by atoms with Crippen LogP contribution in [0.25, 0.3) is 6.08 Å². The third kappa shape index (κ3) is 5.06. The van der Waals surface area contributed by atoms with E-state index < -0.39 is 17.8 Å². The number of halogens is 2. The molecule has 4 rings (SSSR count). The fourth-order valence-corrected chi connectivity index (χ4v) is 3.67. The SMILES string of the molecule is COc1cc(/C=C2\C(=O)NC(=O)N(c3ccc(Cl)cc3)C2=O)ccc1OCc1cccc(Cl)c1. The number of imide groups is 2. The van der Waals surface area contributed by atoms with Crippen LogP contribution >= 0.6 is 23.2 Å². The number of ether oxygens (including phenoxy) is 2. The lowest BCUT2D eigenvalue weighted by Crippen LogP contribution is -2.54. The fraction of sp³-hybridized carbons (Fsp3) is 0.0800. The smallest absolute Gasteiger partial charge is 0.335 e. The van der Waals surface area contributed by atoms with Crippen LogP contribution in [0.1, 0.15) is 11.1 Å². The first-order chi connectivity index (χ1) is 16.4. The van der Waals surface area contributed by atoms with E-state index in [1.165, 1.54) is 25.3 Å². The van der Waals surface area contributed by atoms with Gasteiger partial charge in [-0.3, -0.25) is 14.9 Å². The molecule has 4 amide bonds. The van der Waals surface area contributed by atoms with Crippen LogP contribution in [-0.4, -0.2) is 25.0 Å². The topological polar surface area (TPSA) is 84.9 Å². The summed E-state index contributed by atoms with van der Waals surface area (Å²) in [6.07, 6.45) is 1.39. The van der Waals surface area contributed by atoms with Gasteiger partial charge in [0.25, 0.3) is 11.8 Å². The van der Waals surface area contributed by atoms with Crippen LogP contribution < -0.4 is 19.7 Å². The molecule has 0 spiro atoms. The maximum Gasteiger partial charge on any atom is 0.335 e. The van der Waals surface area contributed by atoms with Crippen LogP contribution in [0.5, 0.6) is 11.5 Å². The second kappa shape index (κ2) is 9.99. The summed E-state index contributed by atoms with van der Waals surface area (Å²) in [4.78, 5) is 38.6. The lowest BCUT2D eigenvalue weighted by Gasteiger charge is -2.26. The van der Waals surface area contributed by atoms with Gasteiger partial charge < -0.3 is 9.47 Å². The first kappa shape index (κ1) is 23.4. The number of carbonyl (C=O) groups is 3. The number of hydrogen-bond acceptors (Lipinski definition) is 5. The molecule has 0 atom stereocenters. The van der Waals surface area contributed by atoms with Crippen molar-refractivity contribution in [3.8, 4) is 11.5 Å². The molecule has 0 unspecified atom stereocenters. The number of urea groups is 1. The molecule has 0 bridgehead atoms. The number of nitrogens with zero attached hydrogens (tertiary/aromatic N) is 1. The van der Waals surface area contributed by atoms with Crippen LogP contribution in [-0.2, 0) is 16.2 Å². The van der Waals surface area contributed by atoms with Crippen molar-refractivity contribution >= 4 is 52.8 Å². The molecular formula is C25H18Cl2N2O5. The van der Waals surface area contributed by atoms with Gasteiger partial charge in [-0.05, 0) is 65.7 Å². The second-order valence-corrected chi connectivity index (χ2v) is 8.14. The van der Waals surface area contributed by atoms with Gasteiger partial charge in [-0.25, -0.2) is 9.69 Å². The molecule has 1 fully saturated rings. The van der Waals surface area contributed by atoms with Crippen molar-refractivity contribution in [3.05, 3.63) is 93.5 Å². The Morgan fingerprint density at radius 3 is 2.38 bits per heavy atom. The van der Waals surface area contributed by atoms with Gasteiger partial charge in [0, 0.05) is 10.0 Å². The van der Waals surface area contributed by atoms with Crippen LogP contribution in [0.3, 0.4) is 0 Å². The molecular weight excluding hydrogens is 479 g/mol. The van der Waals surface area contributed by atoms with Crippen molar-refractivity contribution in [2.24, 2.45) is 0 Å². The van der Waals surface area contributed by atoms with Gasteiger partial charge in [-0.15, -0.1) is 0 Å². The van der Waals surface area contributed by atoms with Crippen molar-refractivity contribution in [2.45, 2.75) is 6.61 Å². The van der Waals surface area contributed by atoms with Crippen LogP contribution in [0.2, 0.25) is 10.0 Å². The van der Waals surface area contributed by atoms with Crippen LogP contribution in [0, 0.1) is 0 Å². The maximum atomic E-state index is 13.0. The largest absolute Gasteiger partial charge is 0.493 e.